The smallest absolute Gasteiger partial charge is 0.253 e. The standard InChI is InChI=1S/C11H11FN2O/c1-6-3-7-4-9(13)8(12)5-10(7)14(2)11(6)15/h3-5H,13H2,1-2H3. The molecule has 1 aromatic heterocycles. The Balaban J connectivity index is 3.00. The SMILES string of the molecule is Cc1cc2cc(N)c(F)cc2n(C)c1=O. The van der Waals surface area contributed by atoms with E-state index in [0.717, 1.165) is 5.39 Å². The fourth-order valence-electron chi connectivity index (χ4n) is 1.67. The Morgan fingerprint density at radius 2 is 2.00 bits per heavy atom. The molecule has 2 rings (SSSR count). The molecule has 1 heterocycles. The molecule has 78 valence electrons. The first kappa shape index (κ1) is 9.71. The second kappa shape index (κ2) is 3.08. The van der Waals surface area contributed by atoms with Gasteiger partial charge in [-0.2, -0.15) is 0 Å². The zero-order valence-corrected chi connectivity index (χ0v) is 8.54. The van der Waals surface area contributed by atoms with Crippen molar-refractivity contribution in [3.05, 3.63) is 39.9 Å². The molecule has 0 aliphatic rings. The largest absolute Gasteiger partial charge is 0.396 e. The fourth-order valence-corrected chi connectivity index (χ4v) is 1.67. The van der Waals surface area contributed by atoms with Gasteiger partial charge in [0.25, 0.3) is 5.56 Å². The molecule has 0 saturated heterocycles. The van der Waals surface area contributed by atoms with Crippen molar-refractivity contribution in [1.82, 2.24) is 4.57 Å². The zero-order chi connectivity index (χ0) is 11.2. The molecule has 1 aromatic carbocycles. The summed E-state index contributed by atoms with van der Waals surface area (Å²) < 4.78 is 14.6. The van der Waals surface area contributed by atoms with E-state index in [-0.39, 0.29) is 11.2 Å². The number of benzene rings is 1. The Morgan fingerprint density at radius 3 is 2.67 bits per heavy atom. The highest BCUT2D eigenvalue weighted by molar-refractivity contribution is 5.83. The predicted octanol–water partition coefficient (Wildman–Crippen LogP) is 1.57. The molecule has 0 radical (unpaired) electrons. The molecule has 0 atom stereocenters. The van der Waals surface area contributed by atoms with E-state index >= 15 is 0 Å². The van der Waals surface area contributed by atoms with Gasteiger partial charge in [0.15, 0.2) is 0 Å². The van der Waals surface area contributed by atoms with E-state index in [1.165, 1.54) is 16.7 Å². The highest BCUT2D eigenvalue weighted by Crippen LogP contribution is 2.19. The molecule has 0 bridgehead atoms. The first-order chi connectivity index (χ1) is 7.00. The third-order valence-electron chi connectivity index (χ3n) is 2.52. The summed E-state index contributed by atoms with van der Waals surface area (Å²) in [5.74, 6) is -0.499. The van der Waals surface area contributed by atoms with Crippen LogP contribution in [-0.2, 0) is 7.05 Å². The second-order valence-electron chi connectivity index (χ2n) is 3.62. The molecule has 2 N–H and O–H groups in total. The maximum atomic E-state index is 13.2. The van der Waals surface area contributed by atoms with Crippen LogP contribution in [0, 0.1) is 12.7 Å². The van der Waals surface area contributed by atoms with E-state index in [2.05, 4.69) is 0 Å². The van der Waals surface area contributed by atoms with Gasteiger partial charge < -0.3 is 10.3 Å². The molecule has 0 fully saturated rings. The number of halogens is 1. The van der Waals surface area contributed by atoms with E-state index in [9.17, 15) is 9.18 Å². The van der Waals surface area contributed by atoms with Gasteiger partial charge in [-0.05, 0) is 19.1 Å². The van der Waals surface area contributed by atoms with Gasteiger partial charge >= 0.3 is 0 Å². The van der Waals surface area contributed by atoms with Crippen LogP contribution in [0.1, 0.15) is 5.56 Å². The number of hydrogen-bond acceptors (Lipinski definition) is 2. The Labute approximate surface area is 85.9 Å². The topological polar surface area (TPSA) is 48.0 Å². The van der Waals surface area contributed by atoms with Gasteiger partial charge in [0, 0.05) is 24.1 Å². The number of aromatic nitrogens is 1. The van der Waals surface area contributed by atoms with Crippen molar-refractivity contribution in [3.8, 4) is 0 Å². The molecule has 0 amide bonds. The number of nitrogens with two attached hydrogens (primary N) is 1. The van der Waals surface area contributed by atoms with Crippen molar-refractivity contribution in [1.29, 1.82) is 0 Å². The minimum Gasteiger partial charge on any atom is -0.396 e. The quantitative estimate of drug-likeness (QED) is 0.665. The van der Waals surface area contributed by atoms with Crippen molar-refractivity contribution in [2.24, 2.45) is 7.05 Å². The van der Waals surface area contributed by atoms with Crippen LogP contribution in [0.4, 0.5) is 10.1 Å². The number of rotatable bonds is 0. The molecule has 0 spiro atoms. The number of nitrogen functional groups attached to an aromatic ring is 1. The average Bonchev–Trinajstić information content (AvgIpc) is 2.19. The maximum Gasteiger partial charge on any atom is 0.253 e. The van der Waals surface area contributed by atoms with Crippen LogP contribution in [0.2, 0.25) is 0 Å². The number of pyridine rings is 1. The lowest BCUT2D eigenvalue weighted by Crippen LogP contribution is -2.19. The van der Waals surface area contributed by atoms with Crippen LogP contribution in [0.5, 0.6) is 0 Å². The number of fused-ring (bicyclic) bond motifs is 1. The number of aryl methyl sites for hydroxylation is 2. The minimum absolute atomic E-state index is 0.0977. The van der Waals surface area contributed by atoms with Gasteiger partial charge in [-0.3, -0.25) is 4.79 Å². The van der Waals surface area contributed by atoms with Crippen molar-refractivity contribution in [2.45, 2.75) is 6.92 Å². The first-order valence-electron chi connectivity index (χ1n) is 4.56. The van der Waals surface area contributed by atoms with E-state index in [0.29, 0.717) is 11.1 Å². The Morgan fingerprint density at radius 1 is 1.33 bits per heavy atom. The lowest BCUT2D eigenvalue weighted by molar-refractivity contribution is 0.633. The molecule has 0 aliphatic carbocycles. The number of nitrogens with zero attached hydrogens (tertiary/aromatic N) is 1. The average molecular weight is 206 g/mol. The number of hydrogen-bond donors (Lipinski definition) is 1. The van der Waals surface area contributed by atoms with E-state index in [4.69, 9.17) is 5.73 Å². The summed E-state index contributed by atoms with van der Waals surface area (Å²) in [6, 6.07) is 4.54. The third kappa shape index (κ3) is 1.38. The summed E-state index contributed by atoms with van der Waals surface area (Å²) in [7, 11) is 1.62. The predicted molar refractivity (Wildman–Crippen MR) is 58.3 cm³/mol. The van der Waals surface area contributed by atoms with E-state index in [1.807, 2.05) is 0 Å². The van der Waals surface area contributed by atoms with Gasteiger partial charge in [-0.25, -0.2) is 4.39 Å². The van der Waals surface area contributed by atoms with Crippen molar-refractivity contribution in [2.75, 3.05) is 5.73 Å². The molecule has 0 unspecified atom stereocenters. The molecule has 0 saturated carbocycles. The zero-order valence-electron chi connectivity index (χ0n) is 8.54. The summed E-state index contributed by atoms with van der Waals surface area (Å²) in [6.07, 6.45) is 0. The molecule has 0 aliphatic heterocycles. The van der Waals surface area contributed by atoms with Crippen LogP contribution in [0.15, 0.2) is 23.0 Å². The lowest BCUT2D eigenvalue weighted by atomic mass is 10.1. The van der Waals surface area contributed by atoms with Gasteiger partial charge in [-0.1, -0.05) is 0 Å². The highest BCUT2D eigenvalue weighted by atomic mass is 19.1. The van der Waals surface area contributed by atoms with Crippen molar-refractivity contribution >= 4 is 16.6 Å². The third-order valence-corrected chi connectivity index (χ3v) is 2.52. The van der Waals surface area contributed by atoms with Crippen molar-refractivity contribution in [3.63, 3.8) is 0 Å². The summed E-state index contributed by atoms with van der Waals surface area (Å²) in [6.45, 7) is 1.72. The van der Waals surface area contributed by atoms with Gasteiger partial charge in [0.1, 0.15) is 5.82 Å². The minimum atomic E-state index is -0.499. The lowest BCUT2D eigenvalue weighted by Gasteiger charge is -2.07. The van der Waals surface area contributed by atoms with Crippen LogP contribution in [0.3, 0.4) is 0 Å². The van der Waals surface area contributed by atoms with Crippen LogP contribution >= 0.6 is 0 Å². The molecule has 4 heteroatoms. The molecule has 15 heavy (non-hydrogen) atoms. The monoisotopic (exact) mass is 206 g/mol. The Kier molecular flexibility index (Phi) is 2.00. The second-order valence-corrected chi connectivity index (χ2v) is 3.62. The number of anilines is 1. The summed E-state index contributed by atoms with van der Waals surface area (Å²) in [4.78, 5) is 11.6. The summed E-state index contributed by atoms with van der Waals surface area (Å²) >= 11 is 0. The first-order valence-corrected chi connectivity index (χ1v) is 4.56. The summed E-state index contributed by atoms with van der Waals surface area (Å²) in [5.41, 5.74) is 6.61. The molecule has 3 nitrogen and oxygen atoms in total. The molecular formula is C11H11FN2O. The van der Waals surface area contributed by atoms with Crippen LogP contribution in [-0.4, -0.2) is 4.57 Å². The van der Waals surface area contributed by atoms with E-state index in [1.54, 1.807) is 20.0 Å². The van der Waals surface area contributed by atoms with Crippen LogP contribution in [0.25, 0.3) is 10.9 Å². The van der Waals surface area contributed by atoms with Crippen molar-refractivity contribution < 1.29 is 4.39 Å². The van der Waals surface area contributed by atoms with Gasteiger partial charge in [0.05, 0.1) is 11.2 Å². The maximum absolute atomic E-state index is 13.2. The van der Waals surface area contributed by atoms with Gasteiger partial charge in [-0.15, -0.1) is 0 Å². The fraction of sp³-hybridized carbons (Fsp3) is 0.182. The summed E-state index contributed by atoms with van der Waals surface area (Å²) in [5, 5.41) is 0.772. The normalized spacial score (nSPS) is 10.9. The highest BCUT2D eigenvalue weighted by Gasteiger charge is 2.06. The van der Waals surface area contributed by atoms with E-state index < -0.39 is 5.82 Å². The van der Waals surface area contributed by atoms with Crippen LogP contribution < -0.4 is 11.3 Å². The Bertz CT molecular complexity index is 602. The molecule has 2 aromatic rings. The Hall–Kier alpha value is -1.84. The van der Waals surface area contributed by atoms with Gasteiger partial charge in [0.2, 0.25) is 0 Å². The molecular weight excluding hydrogens is 195 g/mol.